The van der Waals surface area contributed by atoms with Crippen molar-refractivity contribution < 1.29 is 13.5 Å². The second-order valence-electron chi connectivity index (χ2n) is 4.84. The Morgan fingerprint density at radius 2 is 1.95 bits per heavy atom. The maximum Gasteiger partial charge on any atom is 0.240 e. The van der Waals surface area contributed by atoms with Crippen LogP contribution in [0.2, 0.25) is 0 Å². The molecule has 5 nitrogen and oxygen atoms in total. The highest BCUT2D eigenvalue weighted by Crippen LogP contribution is 2.16. The van der Waals surface area contributed by atoms with Crippen LogP contribution in [0, 0.1) is 13.8 Å². The number of aliphatic hydroxyl groups is 1. The van der Waals surface area contributed by atoms with Crippen LogP contribution in [0.5, 0.6) is 0 Å². The van der Waals surface area contributed by atoms with Crippen LogP contribution in [-0.2, 0) is 23.2 Å². The van der Waals surface area contributed by atoms with Crippen molar-refractivity contribution in [2.75, 3.05) is 0 Å². The van der Waals surface area contributed by atoms with Crippen molar-refractivity contribution in [3.63, 3.8) is 0 Å². The van der Waals surface area contributed by atoms with Crippen LogP contribution in [0.15, 0.2) is 41.4 Å². The molecule has 6 heteroatoms. The van der Waals surface area contributed by atoms with Gasteiger partial charge in [-0.05, 0) is 48.7 Å². The van der Waals surface area contributed by atoms with E-state index in [1.807, 2.05) is 19.9 Å². The number of pyridine rings is 1. The van der Waals surface area contributed by atoms with Gasteiger partial charge in [0, 0.05) is 6.20 Å². The largest absolute Gasteiger partial charge is 0.392 e. The maximum absolute atomic E-state index is 12.3. The summed E-state index contributed by atoms with van der Waals surface area (Å²) in [7, 11) is -3.63. The van der Waals surface area contributed by atoms with Crippen LogP contribution in [-0.4, -0.2) is 18.5 Å². The van der Waals surface area contributed by atoms with Crippen LogP contribution in [0.1, 0.15) is 22.4 Å². The summed E-state index contributed by atoms with van der Waals surface area (Å²) in [6.45, 7) is 3.66. The van der Waals surface area contributed by atoms with E-state index in [1.165, 1.54) is 12.1 Å². The highest BCUT2D eigenvalue weighted by molar-refractivity contribution is 7.89. The van der Waals surface area contributed by atoms with E-state index in [9.17, 15) is 13.5 Å². The van der Waals surface area contributed by atoms with Gasteiger partial charge in [-0.1, -0.05) is 12.1 Å². The zero-order chi connectivity index (χ0) is 15.5. The molecule has 1 aromatic heterocycles. The second-order valence-corrected chi connectivity index (χ2v) is 6.60. The fourth-order valence-corrected chi connectivity index (χ4v) is 2.97. The molecule has 0 amide bonds. The Kier molecular flexibility index (Phi) is 4.72. The van der Waals surface area contributed by atoms with Gasteiger partial charge in [-0.3, -0.25) is 4.98 Å². The van der Waals surface area contributed by atoms with E-state index in [4.69, 9.17) is 0 Å². The Morgan fingerprint density at radius 1 is 1.19 bits per heavy atom. The third-order valence-corrected chi connectivity index (χ3v) is 4.75. The first-order valence-corrected chi connectivity index (χ1v) is 8.03. The van der Waals surface area contributed by atoms with Gasteiger partial charge in [0.1, 0.15) is 0 Å². The predicted octanol–water partition coefficient (Wildman–Crippen LogP) is 1.67. The Hall–Kier alpha value is -1.76. The lowest BCUT2D eigenvalue weighted by Gasteiger charge is -2.10. The summed E-state index contributed by atoms with van der Waals surface area (Å²) in [4.78, 5) is 4.30. The molecule has 0 saturated carbocycles. The number of sulfonamides is 1. The zero-order valence-corrected chi connectivity index (χ0v) is 12.8. The van der Waals surface area contributed by atoms with E-state index >= 15 is 0 Å². The van der Waals surface area contributed by atoms with Gasteiger partial charge in [0.15, 0.2) is 0 Å². The van der Waals surface area contributed by atoms with Crippen molar-refractivity contribution in [1.29, 1.82) is 0 Å². The molecule has 21 heavy (non-hydrogen) atoms. The quantitative estimate of drug-likeness (QED) is 0.880. The zero-order valence-electron chi connectivity index (χ0n) is 12.0. The van der Waals surface area contributed by atoms with E-state index < -0.39 is 10.0 Å². The summed E-state index contributed by atoms with van der Waals surface area (Å²) in [5.41, 5.74) is 3.08. The summed E-state index contributed by atoms with van der Waals surface area (Å²) in [5.74, 6) is 0. The minimum atomic E-state index is -3.63. The summed E-state index contributed by atoms with van der Waals surface area (Å²) < 4.78 is 27.1. The molecule has 1 aromatic carbocycles. The Balaban J connectivity index is 2.21. The molecule has 0 unspecified atom stereocenters. The predicted molar refractivity (Wildman–Crippen MR) is 80.1 cm³/mol. The van der Waals surface area contributed by atoms with Crippen LogP contribution in [0.25, 0.3) is 0 Å². The van der Waals surface area contributed by atoms with Crippen molar-refractivity contribution in [2.45, 2.75) is 31.9 Å². The third kappa shape index (κ3) is 3.66. The van der Waals surface area contributed by atoms with Crippen molar-refractivity contribution in [3.05, 3.63) is 58.9 Å². The van der Waals surface area contributed by atoms with E-state index in [2.05, 4.69) is 9.71 Å². The molecule has 0 spiro atoms. The highest BCUT2D eigenvalue weighted by Gasteiger charge is 2.15. The van der Waals surface area contributed by atoms with Crippen molar-refractivity contribution >= 4 is 10.0 Å². The fourth-order valence-electron chi connectivity index (χ4n) is 1.94. The first kappa shape index (κ1) is 15.6. The molecule has 2 aromatic rings. The van der Waals surface area contributed by atoms with E-state index in [0.717, 1.165) is 11.1 Å². The summed E-state index contributed by atoms with van der Waals surface area (Å²) >= 11 is 0. The molecule has 0 bridgehead atoms. The van der Waals surface area contributed by atoms with Crippen LogP contribution in [0.3, 0.4) is 0 Å². The van der Waals surface area contributed by atoms with Gasteiger partial charge in [-0.15, -0.1) is 0 Å². The van der Waals surface area contributed by atoms with E-state index in [-0.39, 0.29) is 18.0 Å². The van der Waals surface area contributed by atoms with Gasteiger partial charge >= 0.3 is 0 Å². The standard InChI is InChI=1S/C15H18N2O3S/c1-11-5-6-14(8-13(11)10-18)21(19,20)17-9-15-12(2)4-3-7-16-15/h3-8,17-18H,9-10H2,1-2H3. The number of benzene rings is 1. The summed E-state index contributed by atoms with van der Waals surface area (Å²) in [6.07, 6.45) is 1.63. The maximum atomic E-state index is 12.3. The number of nitrogens with one attached hydrogen (secondary N) is 1. The first-order valence-electron chi connectivity index (χ1n) is 6.54. The minimum absolute atomic E-state index is 0.136. The Labute approximate surface area is 124 Å². The molecule has 0 fully saturated rings. The molecule has 0 aliphatic rings. The minimum Gasteiger partial charge on any atom is -0.392 e. The number of rotatable bonds is 5. The van der Waals surface area contributed by atoms with Crippen molar-refractivity contribution in [2.24, 2.45) is 0 Å². The molecule has 2 rings (SSSR count). The van der Waals surface area contributed by atoms with Crippen molar-refractivity contribution in [1.82, 2.24) is 9.71 Å². The lowest BCUT2D eigenvalue weighted by Crippen LogP contribution is -2.24. The highest BCUT2D eigenvalue weighted by atomic mass is 32.2. The molecule has 0 radical (unpaired) electrons. The Bertz CT molecular complexity index is 742. The van der Waals surface area contributed by atoms with Gasteiger partial charge in [-0.2, -0.15) is 0 Å². The molecule has 1 heterocycles. The average molecular weight is 306 g/mol. The van der Waals surface area contributed by atoms with E-state index in [1.54, 1.807) is 18.3 Å². The number of aryl methyl sites for hydroxylation is 2. The van der Waals surface area contributed by atoms with Gasteiger partial charge in [0.25, 0.3) is 0 Å². The molecule has 2 N–H and O–H groups in total. The molecule has 0 atom stereocenters. The summed E-state index contributed by atoms with van der Waals surface area (Å²) in [6, 6.07) is 8.39. The number of aliphatic hydroxyl groups excluding tert-OH is 1. The van der Waals surface area contributed by atoms with Gasteiger partial charge in [0.05, 0.1) is 23.7 Å². The lowest BCUT2D eigenvalue weighted by molar-refractivity contribution is 0.280. The van der Waals surface area contributed by atoms with Gasteiger partial charge < -0.3 is 5.11 Å². The number of hydrogen-bond acceptors (Lipinski definition) is 4. The van der Waals surface area contributed by atoms with Crippen molar-refractivity contribution in [3.8, 4) is 0 Å². The molecular formula is C15H18N2O3S. The topological polar surface area (TPSA) is 79.3 Å². The SMILES string of the molecule is Cc1ccc(S(=O)(=O)NCc2ncccc2C)cc1CO. The molecule has 0 aliphatic heterocycles. The molecular weight excluding hydrogens is 288 g/mol. The van der Waals surface area contributed by atoms with Crippen LogP contribution in [0.4, 0.5) is 0 Å². The Morgan fingerprint density at radius 3 is 2.62 bits per heavy atom. The number of aromatic nitrogens is 1. The molecule has 0 saturated heterocycles. The van der Waals surface area contributed by atoms with Crippen LogP contribution >= 0.6 is 0 Å². The van der Waals surface area contributed by atoms with Crippen LogP contribution < -0.4 is 4.72 Å². The van der Waals surface area contributed by atoms with Gasteiger partial charge in [-0.25, -0.2) is 13.1 Å². The van der Waals surface area contributed by atoms with E-state index in [0.29, 0.717) is 11.3 Å². The first-order chi connectivity index (χ1) is 9.94. The van der Waals surface area contributed by atoms with Gasteiger partial charge in [0.2, 0.25) is 10.0 Å². The summed E-state index contributed by atoms with van der Waals surface area (Å²) in [5, 5.41) is 9.23. The molecule has 0 aliphatic carbocycles. The molecule has 112 valence electrons. The third-order valence-electron chi connectivity index (χ3n) is 3.35. The number of hydrogen-bond donors (Lipinski definition) is 2. The number of nitrogens with zero attached hydrogens (tertiary/aromatic N) is 1. The smallest absolute Gasteiger partial charge is 0.240 e. The monoisotopic (exact) mass is 306 g/mol. The fraction of sp³-hybridized carbons (Fsp3) is 0.267. The normalized spacial score (nSPS) is 11.6. The average Bonchev–Trinajstić information content (AvgIpc) is 2.46. The lowest BCUT2D eigenvalue weighted by atomic mass is 10.1. The second kappa shape index (κ2) is 6.34.